The van der Waals surface area contributed by atoms with Gasteiger partial charge in [-0.05, 0) is 13.8 Å². The maximum absolute atomic E-state index is 11.9. The molecule has 2 N–H and O–H groups in total. The van der Waals surface area contributed by atoms with Crippen molar-refractivity contribution in [2.75, 3.05) is 27.2 Å². The van der Waals surface area contributed by atoms with Crippen molar-refractivity contribution in [2.45, 2.75) is 32.4 Å². The van der Waals surface area contributed by atoms with Gasteiger partial charge in [-0.25, -0.2) is 4.79 Å². The second kappa shape index (κ2) is 6.51. The molecule has 7 heteroatoms. The lowest BCUT2D eigenvalue weighted by Crippen LogP contribution is -2.44. The van der Waals surface area contributed by atoms with E-state index < -0.39 is 6.04 Å². The van der Waals surface area contributed by atoms with Crippen LogP contribution < -0.4 is 10.6 Å². The molecule has 1 atom stereocenters. The van der Waals surface area contributed by atoms with Gasteiger partial charge in [0.15, 0.2) is 0 Å². The number of rotatable bonds is 5. The number of hydrogen-bond acceptors (Lipinski definition) is 4. The van der Waals surface area contributed by atoms with Crippen molar-refractivity contribution < 1.29 is 14.4 Å². The minimum Gasteiger partial charge on any atom is -0.337 e. The van der Waals surface area contributed by atoms with Gasteiger partial charge in [-0.3, -0.25) is 14.5 Å². The monoisotopic (exact) mass is 270 g/mol. The van der Waals surface area contributed by atoms with E-state index in [2.05, 4.69) is 10.6 Å². The average molecular weight is 270 g/mol. The van der Waals surface area contributed by atoms with E-state index in [1.54, 1.807) is 14.1 Å². The van der Waals surface area contributed by atoms with E-state index in [1.165, 1.54) is 9.80 Å². The molecule has 0 radical (unpaired) electrons. The lowest BCUT2D eigenvalue weighted by atomic mass is 10.2. The highest BCUT2D eigenvalue weighted by Gasteiger charge is 2.39. The number of hydrogen-bond donors (Lipinski definition) is 2. The molecule has 1 unspecified atom stereocenters. The SMILES string of the molecule is CC(C)N1C(=O)CC(NCCNC(=O)N(C)C)C1=O. The van der Waals surface area contributed by atoms with E-state index in [0.717, 1.165) is 0 Å². The number of carbonyl (C=O) groups excluding carboxylic acids is 3. The fraction of sp³-hybridized carbons (Fsp3) is 0.750. The molecule has 1 aliphatic heterocycles. The van der Waals surface area contributed by atoms with Gasteiger partial charge in [0.1, 0.15) is 0 Å². The molecule has 0 spiro atoms. The van der Waals surface area contributed by atoms with E-state index >= 15 is 0 Å². The van der Waals surface area contributed by atoms with Crippen LogP contribution in [-0.4, -0.2) is 66.9 Å². The van der Waals surface area contributed by atoms with Crippen LogP contribution in [0.3, 0.4) is 0 Å². The van der Waals surface area contributed by atoms with Crippen LogP contribution in [0.2, 0.25) is 0 Å². The maximum Gasteiger partial charge on any atom is 0.316 e. The van der Waals surface area contributed by atoms with E-state index in [9.17, 15) is 14.4 Å². The van der Waals surface area contributed by atoms with Crippen molar-refractivity contribution in [3.05, 3.63) is 0 Å². The van der Waals surface area contributed by atoms with Gasteiger partial charge < -0.3 is 15.5 Å². The summed E-state index contributed by atoms with van der Waals surface area (Å²) in [6.07, 6.45) is 0.193. The number of nitrogens with one attached hydrogen (secondary N) is 2. The van der Waals surface area contributed by atoms with Crippen LogP contribution in [0.25, 0.3) is 0 Å². The third-order valence-electron chi connectivity index (χ3n) is 2.90. The third kappa shape index (κ3) is 3.92. The van der Waals surface area contributed by atoms with Crippen LogP contribution in [-0.2, 0) is 9.59 Å². The lowest BCUT2D eigenvalue weighted by Gasteiger charge is -2.19. The summed E-state index contributed by atoms with van der Waals surface area (Å²) in [7, 11) is 3.31. The van der Waals surface area contributed by atoms with E-state index in [4.69, 9.17) is 0 Å². The molecule has 0 aromatic rings. The van der Waals surface area contributed by atoms with Crippen molar-refractivity contribution in [3.8, 4) is 0 Å². The van der Waals surface area contributed by atoms with E-state index in [-0.39, 0.29) is 30.3 Å². The minimum atomic E-state index is -0.467. The molecule has 108 valence electrons. The smallest absolute Gasteiger partial charge is 0.316 e. The molecule has 0 aromatic carbocycles. The standard InChI is InChI=1S/C12H22N4O3/c1-8(2)16-10(17)7-9(11(16)18)13-5-6-14-12(19)15(3)4/h8-9,13H,5-7H2,1-4H3,(H,14,19). The molecule has 7 nitrogen and oxygen atoms in total. The zero-order valence-corrected chi connectivity index (χ0v) is 11.9. The molecule has 1 heterocycles. The molecular weight excluding hydrogens is 248 g/mol. The Balaban J connectivity index is 2.34. The Hall–Kier alpha value is -1.63. The Kier molecular flexibility index (Phi) is 5.29. The summed E-state index contributed by atoms with van der Waals surface area (Å²) in [6.45, 7) is 4.50. The number of nitrogens with zero attached hydrogens (tertiary/aromatic N) is 2. The number of urea groups is 1. The van der Waals surface area contributed by atoms with Crippen molar-refractivity contribution in [2.24, 2.45) is 0 Å². The second-order valence-corrected chi connectivity index (χ2v) is 5.03. The Morgan fingerprint density at radius 2 is 2.00 bits per heavy atom. The lowest BCUT2D eigenvalue weighted by molar-refractivity contribution is -0.140. The van der Waals surface area contributed by atoms with E-state index in [1.807, 2.05) is 13.8 Å². The summed E-state index contributed by atoms with van der Waals surface area (Å²) in [5.74, 6) is -0.325. The highest BCUT2D eigenvalue weighted by atomic mass is 16.2. The molecule has 19 heavy (non-hydrogen) atoms. The molecule has 0 aromatic heterocycles. The maximum atomic E-state index is 11.9. The molecule has 1 fully saturated rings. The fourth-order valence-electron chi connectivity index (χ4n) is 1.93. The van der Waals surface area contributed by atoms with Crippen LogP contribution in [0, 0.1) is 0 Å². The van der Waals surface area contributed by atoms with Gasteiger partial charge in [0.2, 0.25) is 11.8 Å². The summed E-state index contributed by atoms with van der Waals surface area (Å²) >= 11 is 0. The number of carbonyl (C=O) groups is 3. The molecule has 0 aliphatic carbocycles. The predicted octanol–water partition coefficient (Wildman–Crippen LogP) is -0.617. The van der Waals surface area contributed by atoms with Crippen LogP contribution in [0.15, 0.2) is 0 Å². The largest absolute Gasteiger partial charge is 0.337 e. The van der Waals surface area contributed by atoms with Crippen molar-refractivity contribution >= 4 is 17.8 Å². The van der Waals surface area contributed by atoms with Gasteiger partial charge in [0.25, 0.3) is 0 Å². The first-order chi connectivity index (χ1) is 8.84. The normalized spacial score (nSPS) is 19.2. The summed E-state index contributed by atoms with van der Waals surface area (Å²) in [5, 5.41) is 5.68. The highest BCUT2D eigenvalue weighted by molar-refractivity contribution is 6.05. The van der Waals surface area contributed by atoms with Crippen LogP contribution in [0.5, 0.6) is 0 Å². The highest BCUT2D eigenvalue weighted by Crippen LogP contribution is 2.15. The van der Waals surface area contributed by atoms with Gasteiger partial charge in [0.05, 0.1) is 12.5 Å². The number of amides is 4. The van der Waals surface area contributed by atoms with Gasteiger partial charge in [0, 0.05) is 33.2 Å². The topological polar surface area (TPSA) is 81.8 Å². The van der Waals surface area contributed by atoms with E-state index in [0.29, 0.717) is 13.1 Å². The Bertz CT molecular complexity index is 368. The third-order valence-corrected chi connectivity index (χ3v) is 2.90. The van der Waals surface area contributed by atoms with Crippen molar-refractivity contribution in [1.29, 1.82) is 0 Å². The quantitative estimate of drug-likeness (QED) is 0.515. The summed E-state index contributed by atoms with van der Waals surface area (Å²) in [6, 6.07) is -0.758. The van der Waals surface area contributed by atoms with Gasteiger partial charge in [-0.15, -0.1) is 0 Å². The first-order valence-electron chi connectivity index (χ1n) is 6.39. The van der Waals surface area contributed by atoms with Crippen LogP contribution >= 0.6 is 0 Å². The van der Waals surface area contributed by atoms with Gasteiger partial charge in [-0.1, -0.05) is 0 Å². The van der Waals surface area contributed by atoms with Crippen LogP contribution in [0.1, 0.15) is 20.3 Å². The summed E-state index contributed by atoms with van der Waals surface area (Å²) in [4.78, 5) is 37.6. The average Bonchev–Trinajstić information content (AvgIpc) is 2.59. The second-order valence-electron chi connectivity index (χ2n) is 5.03. The molecule has 1 rings (SSSR count). The van der Waals surface area contributed by atoms with Gasteiger partial charge >= 0.3 is 6.03 Å². The molecule has 1 aliphatic rings. The number of likely N-dealkylation sites (tertiary alicyclic amines) is 1. The summed E-state index contributed by atoms with van der Waals surface area (Å²) < 4.78 is 0. The Labute approximate surface area is 113 Å². The minimum absolute atomic E-state index is 0.111. The van der Waals surface area contributed by atoms with Crippen molar-refractivity contribution in [3.63, 3.8) is 0 Å². The van der Waals surface area contributed by atoms with Crippen molar-refractivity contribution in [1.82, 2.24) is 20.4 Å². The zero-order chi connectivity index (χ0) is 14.6. The summed E-state index contributed by atoms with van der Waals surface area (Å²) in [5.41, 5.74) is 0. The molecule has 0 bridgehead atoms. The predicted molar refractivity (Wildman–Crippen MR) is 70.5 cm³/mol. The molecular formula is C12H22N4O3. The first kappa shape index (κ1) is 15.4. The Morgan fingerprint density at radius 1 is 1.37 bits per heavy atom. The van der Waals surface area contributed by atoms with Crippen LogP contribution in [0.4, 0.5) is 4.79 Å². The zero-order valence-electron chi connectivity index (χ0n) is 11.9. The molecule has 1 saturated heterocycles. The Morgan fingerprint density at radius 3 is 2.47 bits per heavy atom. The fourth-order valence-corrected chi connectivity index (χ4v) is 1.93. The first-order valence-corrected chi connectivity index (χ1v) is 6.39. The van der Waals surface area contributed by atoms with Gasteiger partial charge in [-0.2, -0.15) is 0 Å². The molecule has 4 amide bonds. The molecule has 0 saturated carbocycles. The number of imide groups is 1.